The molecule has 0 fully saturated rings. The molecular weight excluding hydrogens is 468 g/mol. The summed E-state index contributed by atoms with van der Waals surface area (Å²) >= 11 is 0. The molecule has 0 aromatic heterocycles. The molecular formula is C23H46N8O5. The number of unbranched alkanes of at least 4 members (excludes halogenated alkanes) is 1. The minimum atomic E-state index is -1.17. The molecule has 0 spiro atoms. The topological polar surface area (TPSA) is 241 Å². The monoisotopic (exact) mass is 514 g/mol. The van der Waals surface area contributed by atoms with E-state index in [9.17, 15) is 24.3 Å². The summed E-state index contributed by atoms with van der Waals surface area (Å²) in [4.78, 5) is 54.3. The number of aliphatic carboxylic acids is 1. The largest absolute Gasteiger partial charge is 0.480 e. The number of carbonyl (C=O) groups excluding carboxylic acids is 3. The summed E-state index contributed by atoms with van der Waals surface area (Å²) in [6.07, 6.45) is 2.54. The highest BCUT2D eigenvalue weighted by atomic mass is 16.4. The Morgan fingerprint density at radius 2 is 1.39 bits per heavy atom. The fraction of sp³-hybridized carbons (Fsp3) is 0.783. The lowest BCUT2D eigenvalue weighted by molar-refractivity contribution is -0.144. The highest BCUT2D eigenvalue weighted by molar-refractivity contribution is 5.94. The second kappa shape index (κ2) is 17.5. The maximum absolute atomic E-state index is 13.2. The van der Waals surface area contributed by atoms with Crippen molar-refractivity contribution in [3.63, 3.8) is 0 Å². The van der Waals surface area contributed by atoms with Gasteiger partial charge in [0.15, 0.2) is 5.96 Å². The highest BCUT2D eigenvalue weighted by Crippen LogP contribution is 2.10. The summed E-state index contributed by atoms with van der Waals surface area (Å²) in [5.74, 6) is -3.44. The zero-order chi connectivity index (χ0) is 27.8. The molecule has 0 saturated heterocycles. The van der Waals surface area contributed by atoms with Gasteiger partial charge in [-0.25, -0.2) is 4.79 Å². The van der Waals surface area contributed by atoms with Gasteiger partial charge in [0.2, 0.25) is 17.7 Å². The minimum Gasteiger partial charge on any atom is -0.480 e. The van der Waals surface area contributed by atoms with E-state index in [4.69, 9.17) is 22.9 Å². The third kappa shape index (κ3) is 12.7. The van der Waals surface area contributed by atoms with Crippen LogP contribution in [-0.4, -0.2) is 72.0 Å². The van der Waals surface area contributed by atoms with E-state index in [-0.39, 0.29) is 30.8 Å². The van der Waals surface area contributed by atoms with Crippen LogP contribution in [0.25, 0.3) is 0 Å². The predicted molar refractivity (Wildman–Crippen MR) is 139 cm³/mol. The van der Waals surface area contributed by atoms with Gasteiger partial charge in [0.05, 0.1) is 6.04 Å². The van der Waals surface area contributed by atoms with E-state index >= 15 is 0 Å². The van der Waals surface area contributed by atoms with Crippen LogP contribution >= 0.6 is 0 Å². The van der Waals surface area contributed by atoms with Crippen molar-refractivity contribution < 1.29 is 24.3 Å². The van der Waals surface area contributed by atoms with Crippen molar-refractivity contribution in [1.29, 1.82) is 0 Å². The van der Waals surface area contributed by atoms with Crippen molar-refractivity contribution in [2.24, 2.45) is 39.8 Å². The summed E-state index contributed by atoms with van der Waals surface area (Å²) < 4.78 is 0. The van der Waals surface area contributed by atoms with Gasteiger partial charge in [0.25, 0.3) is 0 Å². The summed E-state index contributed by atoms with van der Waals surface area (Å²) in [6.45, 7) is 7.76. The average Bonchev–Trinajstić information content (AvgIpc) is 2.81. The number of hydrogen-bond donors (Lipinski definition) is 8. The zero-order valence-corrected chi connectivity index (χ0v) is 22.0. The third-order valence-corrected chi connectivity index (χ3v) is 5.96. The van der Waals surface area contributed by atoms with Gasteiger partial charge in [0, 0.05) is 6.54 Å². The van der Waals surface area contributed by atoms with Crippen molar-refractivity contribution >= 4 is 29.7 Å². The normalized spacial score (nSPS) is 15.2. The number of aliphatic imine (C=N–C) groups is 1. The van der Waals surface area contributed by atoms with Gasteiger partial charge in [-0.3, -0.25) is 19.4 Å². The van der Waals surface area contributed by atoms with E-state index in [2.05, 4.69) is 20.9 Å². The van der Waals surface area contributed by atoms with Crippen molar-refractivity contribution in [3.05, 3.63) is 0 Å². The number of carbonyl (C=O) groups is 4. The first-order valence-electron chi connectivity index (χ1n) is 12.5. The maximum atomic E-state index is 13.2. The molecule has 13 heteroatoms. The fourth-order valence-corrected chi connectivity index (χ4v) is 3.31. The Morgan fingerprint density at radius 3 is 1.86 bits per heavy atom. The quantitative estimate of drug-likeness (QED) is 0.0617. The second-order valence-electron chi connectivity index (χ2n) is 9.34. The number of carboxylic acids is 1. The molecule has 0 bridgehead atoms. The lowest BCUT2D eigenvalue weighted by atomic mass is 9.98. The van der Waals surface area contributed by atoms with Gasteiger partial charge in [0.1, 0.15) is 18.1 Å². The van der Waals surface area contributed by atoms with Crippen molar-refractivity contribution in [2.45, 2.75) is 90.4 Å². The molecule has 208 valence electrons. The van der Waals surface area contributed by atoms with Gasteiger partial charge >= 0.3 is 5.97 Å². The zero-order valence-electron chi connectivity index (χ0n) is 22.0. The van der Waals surface area contributed by atoms with Crippen molar-refractivity contribution in [1.82, 2.24) is 16.0 Å². The highest BCUT2D eigenvalue weighted by Gasteiger charge is 2.31. The standard InChI is InChI=1S/C23H46N8O5/c1-5-14(4)18(22(35)36)31-20(33)16(10-8-12-28-23(26)27)29-19(32)15(9-6-7-11-24)30-21(34)17(25)13(2)3/h13-18H,5-12,24-25H2,1-4H3,(H,29,32)(H,30,34)(H,31,33)(H,35,36)(H4,26,27,28). The van der Waals surface area contributed by atoms with Crippen LogP contribution < -0.4 is 38.9 Å². The van der Waals surface area contributed by atoms with Crippen LogP contribution in [0.5, 0.6) is 0 Å². The first-order valence-corrected chi connectivity index (χ1v) is 12.5. The van der Waals surface area contributed by atoms with Gasteiger partial charge in [-0.1, -0.05) is 34.1 Å². The van der Waals surface area contributed by atoms with Crippen LogP contribution in [0.3, 0.4) is 0 Å². The molecule has 3 amide bonds. The molecule has 0 aliphatic carbocycles. The van der Waals surface area contributed by atoms with Gasteiger partial charge in [-0.15, -0.1) is 0 Å². The molecule has 13 nitrogen and oxygen atoms in total. The predicted octanol–water partition coefficient (Wildman–Crippen LogP) is -1.26. The van der Waals surface area contributed by atoms with Crippen LogP contribution in [0.4, 0.5) is 0 Å². The van der Waals surface area contributed by atoms with Crippen molar-refractivity contribution in [3.8, 4) is 0 Å². The number of rotatable bonds is 18. The summed E-state index contributed by atoms with van der Waals surface area (Å²) in [7, 11) is 0. The molecule has 0 rings (SSSR count). The molecule has 0 heterocycles. The van der Waals surface area contributed by atoms with E-state index in [1.807, 2.05) is 6.92 Å². The lowest BCUT2D eigenvalue weighted by Crippen LogP contribution is -2.58. The number of nitrogens with one attached hydrogen (secondary N) is 3. The Balaban J connectivity index is 5.69. The molecule has 5 unspecified atom stereocenters. The third-order valence-electron chi connectivity index (χ3n) is 5.96. The van der Waals surface area contributed by atoms with E-state index in [1.165, 1.54) is 0 Å². The number of nitrogens with zero attached hydrogens (tertiary/aromatic N) is 1. The first kappa shape index (κ1) is 33.1. The maximum Gasteiger partial charge on any atom is 0.326 e. The molecule has 0 aromatic carbocycles. The average molecular weight is 515 g/mol. The van der Waals surface area contributed by atoms with Crippen LogP contribution in [0.1, 0.15) is 66.2 Å². The molecule has 36 heavy (non-hydrogen) atoms. The first-order chi connectivity index (χ1) is 16.8. The minimum absolute atomic E-state index is 0.105. The number of nitrogens with two attached hydrogens (primary N) is 4. The number of guanidine groups is 1. The summed E-state index contributed by atoms with van der Waals surface area (Å²) in [6, 6.07) is -3.93. The lowest BCUT2D eigenvalue weighted by Gasteiger charge is -2.27. The Kier molecular flexibility index (Phi) is 16.1. The van der Waals surface area contributed by atoms with Crippen molar-refractivity contribution in [2.75, 3.05) is 13.1 Å². The fourth-order valence-electron chi connectivity index (χ4n) is 3.31. The van der Waals surface area contributed by atoms with Gasteiger partial charge < -0.3 is 44.0 Å². The van der Waals surface area contributed by atoms with Crippen LogP contribution in [0.2, 0.25) is 0 Å². The van der Waals surface area contributed by atoms with E-state index in [0.29, 0.717) is 38.6 Å². The molecule has 0 radical (unpaired) electrons. The summed E-state index contributed by atoms with van der Waals surface area (Å²) in [5.41, 5.74) is 22.2. The van der Waals surface area contributed by atoms with E-state index < -0.39 is 47.9 Å². The molecule has 0 aromatic rings. The number of carboxylic acid groups (broad SMARTS) is 1. The molecule has 0 saturated carbocycles. The van der Waals surface area contributed by atoms with E-state index in [1.54, 1.807) is 20.8 Å². The van der Waals surface area contributed by atoms with E-state index in [0.717, 1.165) is 0 Å². The SMILES string of the molecule is CCC(C)C(NC(=O)C(CCCN=C(N)N)NC(=O)C(CCCCN)NC(=O)C(N)C(C)C)C(=O)O. The van der Waals surface area contributed by atoms with Crippen LogP contribution in [-0.2, 0) is 19.2 Å². The van der Waals surface area contributed by atoms with Crippen LogP contribution in [0, 0.1) is 11.8 Å². The Labute approximate surface area is 213 Å². The molecule has 12 N–H and O–H groups in total. The Hall–Kier alpha value is -2.93. The van der Waals surface area contributed by atoms with Gasteiger partial charge in [-0.2, -0.15) is 0 Å². The number of amides is 3. The number of hydrogen-bond acceptors (Lipinski definition) is 7. The van der Waals surface area contributed by atoms with Crippen LogP contribution in [0.15, 0.2) is 4.99 Å². The Bertz CT molecular complexity index is 742. The second-order valence-corrected chi connectivity index (χ2v) is 9.34. The summed E-state index contributed by atoms with van der Waals surface area (Å²) in [5, 5.41) is 17.4. The molecule has 0 aliphatic heterocycles. The Morgan fingerprint density at radius 1 is 0.861 bits per heavy atom. The molecule has 0 aliphatic rings. The smallest absolute Gasteiger partial charge is 0.326 e. The van der Waals surface area contributed by atoms with Gasteiger partial charge in [-0.05, 0) is 50.5 Å². The molecule has 5 atom stereocenters.